The first-order valence-corrected chi connectivity index (χ1v) is 7.24. The molecular formula is C10H15N5O3S. The van der Waals surface area contributed by atoms with Gasteiger partial charge in [-0.25, -0.2) is 19.2 Å². The standard InChI is InChI=1S/C10H15N5O3S/c11-14-9-8(4-2-5-12-9)19(17,18)15-7-3-1-6-13-10(7)16/h2,4-5,7,15H,1,3,6,11H2,(H,12,14)(H,13,16). The Kier molecular flexibility index (Phi) is 3.98. The average molecular weight is 285 g/mol. The van der Waals surface area contributed by atoms with Crippen molar-refractivity contribution in [3.8, 4) is 0 Å². The highest BCUT2D eigenvalue weighted by Gasteiger charge is 2.29. The zero-order valence-electron chi connectivity index (χ0n) is 10.1. The summed E-state index contributed by atoms with van der Waals surface area (Å²) in [6.45, 7) is 0.569. The van der Waals surface area contributed by atoms with Crippen LogP contribution in [0.4, 0.5) is 5.82 Å². The number of carbonyl (C=O) groups is 1. The van der Waals surface area contributed by atoms with E-state index in [1.165, 1.54) is 18.3 Å². The van der Waals surface area contributed by atoms with Crippen molar-refractivity contribution in [1.82, 2.24) is 15.0 Å². The molecule has 1 aliphatic heterocycles. The summed E-state index contributed by atoms with van der Waals surface area (Å²) in [5.41, 5.74) is 2.22. The van der Waals surface area contributed by atoms with Gasteiger partial charge < -0.3 is 10.7 Å². The molecule has 0 aliphatic carbocycles. The molecule has 1 aromatic heterocycles. The Morgan fingerprint density at radius 2 is 2.26 bits per heavy atom. The van der Waals surface area contributed by atoms with Crippen molar-refractivity contribution >= 4 is 21.7 Å². The van der Waals surface area contributed by atoms with Gasteiger partial charge in [0.2, 0.25) is 15.9 Å². The van der Waals surface area contributed by atoms with Crippen molar-refractivity contribution in [2.75, 3.05) is 12.0 Å². The average Bonchev–Trinajstić information content (AvgIpc) is 2.41. The molecule has 0 aromatic carbocycles. The van der Waals surface area contributed by atoms with Gasteiger partial charge in [-0.1, -0.05) is 0 Å². The monoisotopic (exact) mass is 285 g/mol. The summed E-state index contributed by atoms with van der Waals surface area (Å²) in [4.78, 5) is 15.3. The number of sulfonamides is 1. The van der Waals surface area contributed by atoms with E-state index >= 15 is 0 Å². The predicted octanol–water partition coefficient (Wildman–Crippen LogP) is -1.08. The van der Waals surface area contributed by atoms with Crippen LogP contribution in [0.15, 0.2) is 23.2 Å². The van der Waals surface area contributed by atoms with E-state index in [1.807, 2.05) is 0 Å². The molecule has 19 heavy (non-hydrogen) atoms. The number of nitrogens with one attached hydrogen (secondary N) is 3. The number of nitrogens with zero attached hydrogens (tertiary/aromatic N) is 1. The van der Waals surface area contributed by atoms with Crippen LogP contribution < -0.4 is 21.3 Å². The number of aromatic nitrogens is 1. The lowest BCUT2D eigenvalue weighted by molar-refractivity contribution is -0.124. The minimum atomic E-state index is -3.85. The number of nitrogens with two attached hydrogens (primary N) is 1. The summed E-state index contributed by atoms with van der Waals surface area (Å²) < 4.78 is 26.8. The Balaban J connectivity index is 2.24. The molecule has 0 spiro atoms. The Morgan fingerprint density at radius 1 is 1.47 bits per heavy atom. The molecule has 1 fully saturated rings. The first kappa shape index (κ1) is 13.7. The fraction of sp³-hybridized carbons (Fsp3) is 0.400. The van der Waals surface area contributed by atoms with Crippen LogP contribution in [0.1, 0.15) is 12.8 Å². The third-order valence-corrected chi connectivity index (χ3v) is 4.28. The number of carbonyl (C=O) groups excluding carboxylic acids is 1. The second kappa shape index (κ2) is 5.51. The van der Waals surface area contributed by atoms with E-state index in [4.69, 9.17) is 5.84 Å². The molecule has 1 amide bonds. The maximum Gasteiger partial charge on any atom is 0.245 e. The molecular weight excluding hydrogens is 270 g/mol. The number of piperidine rings is 1. The van der Waals surface area contributed by atoms with Gasteiger partial charge in [-0.2, -0.15) is 4.72 Å². The molecule has 1 unspecified atom stereocenters. The maximum atomic E-state index is 12.2. The van der Waals surface area contributed by atoms with Crippen molar-refractivity contribution in [1.29, 1.82) is 0 Å². The van der Waals surface area contributed by atoms with Gasteiger partial charge in [0.15, 0.2) is 5.82 Å². The Hall–Kier alpha value is -1.71. The van der Waals surface area contributed by atoms with Crippen molar-refractivity contribution in [3.63, 3.8) is 0 Å². The van der Waals surface area contributed by atoms with Gasteiger partial charge in [-0.15, -0.1) is 0 Å². The third kappa shape index (κ3) is 3.00. The minimum Gasteiger partial charge on any atom is -0.355 e. The second-order valence-electron chi connectivity index (χ2n) is 4.10. The summed E-state index contributed by atoms with van der Waals surface area (Å²) in [6.07, 6.45) is 2.62. The van der Waals surface area contributed by atoms with Crippen molar-refractivity contribution < 1.29 is 13.2 Å². The lowest BCUT2D eigenvalue weighted by Gasteiger charge is -2.22. The van der Waals surface area contributed by atoms with Gasteiger partial charge in [-0.05, 0) is 25.0 Å². The topological polar surface area (TPSA) is 126 Å². The highest BCUT2D eigenvalue weighted by molar-refractivity contribution is 7.89. The number of anilines is 1. The van der Waals surface area contributed by atoms with Gasteiger partial charge in [0, 0.05) is 12.7 Å². The van der Waals surface area contributed by atoms with E-state index in [9.17, 15) is 13.2 Å². The molecule has 1 aliphatic rings. The highest BCUT2D eigenvalue weighted by Crippen LogP contribution is 2.18. The first-order chi connectivity index (χ1) is 9.04. The van der Waals surface area contributed by atoms with Crippen LogP contribution in [-0.4, -0.2) is 31.9 Å². The van der Waals surface area contributed by atoms with Gasteiger partial charge in [0.25, 0.3) is 0 Å². The highest BCUT2D eigenvalue weighted by atomic mass is 32.2. The van der Waals surface area contributed by atoms with Crippen LogP contribution in [0.5, 0.6) is 0 Å². The molecule has 0 bridgehead atoms. The quantitative estimate of drug-likeness (QED) is 0.412. The summed E-state index contributed by atoms with van der Waals surface area (Å²) in [5, 5.41) is 2.61. The predicted molar refractivity (Wildman–Crippen MR) is 68.4 cm³/mol. The molecule has 1 aromatic rings. The van der Waals surface area contributed by atoms with Crippen LogP contribution in [0.25, 0.3) is 0 Å². The first-order valence-electron chi connectivity index (χ1n) is 5.76. The second-order valence-corrected chi connectivity index (χ2v) is 5.78. The SMILES string of the molecule is NNc1ncccc1S(=O)(=O)NC1CCCNC1=O. The van der Waals surface area contributed by atoms with Crippen molar-refractivity contribution in [2.45, 2.75) is 23.8 Å². The number of pyridine rings is 1. The Morgan fingerprint density at radius 3 is 2.95 bits per heavy atom. The maximum absolute atomic E-state index is 12.2. The molecule has 2 heterocycles. The van der Waals surface area contributed by atoms with Gasteiger partial charge in [-0.3, -0.25) is 4.79 Å². The van der Waals surface area contributed by atoms with E-state index in [1.54, 1.807) is 0 Å². The van der Waals surface area contributed by atoms with E-state index in [-0.39, 0.29) is 16.6 Å². The van der Waals surface area contributed by atoms with Crippen LogP contribution >= 0.6 is 0 Å². The van der Waals surface area contributed by atoms with Crippen molar-refractivity contribution in [3.05, 3.63) is 18.3 Å². The Labute approximate surface area is 110 Å². The minimum absolute atomic E-state index is 0.0335. The van der Waals surface area contributed by atoms with Gasteiger partial charge >= 0.3 is 0 Å². The summed E-state index contributed by atoms with van der Waals surface area (Å²) >= 11 is 0. The number of rotatable bonds is 4. The smallest absolute Gasteiger partial charge is 0.245 e. The van der Waals surface area contributed by atoms with Crippen LogP contribution in [0.3, 0.4) is 0 Å². The molecule has 8 nitrogen and oxygen atoms in total. The number of nitrogen functional groups attached to an aromatic ring is 1. The zero-order valence-corrected chi connectivity index (χ0v) is 10.9. The van der Waals surface area contributed by atoms with Crippen LogP contribution in [0, 0.1) is 0 Å². The molecule has 0 saturated carbocycles. The third-order valence-electron chi connectivity index (χ3n) is 2.78. The zero-order chi connectivity index (χ0) is 13.9. The normalized spacial score (nSPS) is 19.8. The number of hydrogen-bond donors (Lipinski definition) is 4. The molecule has 1 atom stereocenters. The summed E-state index contributed by atoms with van der Waals surface area (Å²) in [6, 6.07) is 2.09. The summed E-state index contributed by atoms with van der Waals surface area (Å²) in [7, 11) is -3.85. The van der Waals surface area contributed by atoms with Gasteiger partial charge in [0.1, 0.15) is 10.9 Å². The molecule has 9 heteroatoms. The fourth-order valence-corrected chi connectivity index (χ4v) is 3.20. The molecule has 5 N–H and O–H groups in total. The largest absolute Gasteiger partial charge is 0.355 e. The lowest BCUT2D eigenvalue weighted by atomic mass is 10.1. The van der Waals surface area contributed by atoms with E-state index < -0.39 is 16.1 Å². The fourth-order valence-electron chi connectivity index (χ4n) is 1.85. The molecule has 0 radical (unpaired) electrons. The number of hydrazine groups is 1. The number of hydrogen-bond acceptors (Lipinski definition) is 6. The van der Waals surface area contributed by atoms with Crippen molar-refractivity contribution in [2.24, 2.45) is 5.84 Å². The Bertz CT molecular complexity index is 574. The van der Waals surface area contributed by atoms with E-state index in [2.05, 4.69) is 20.4 Å². The van der Waals surface area contributed by atoms with E-state index in [0.29, 0.717) is 13.0 Å². The molecule has 1 saturated heterocycles. The lowest BCUT2D eigenvalue weighted by Crippen LogP contribution is -2.50. The number of amides is 1. The molecule has 104 valence electrons. The molecule has 2 rings (SSSR count). The van der Waals surface area contributed by atoms with Crippen LogP contribution in [-0.2, 0) is 14.8 Å². The van der Waals surface area contributed by atoms with Crippen LogP contribution in [0.2, 0.25) is 0 Å². The van der Waals surface area contributed by atoms with Gasteiger partial charge in [0.05, 0.1) is 0 Å². The van der Waals surface area contributed by atoms with E-state index in [0.717, 1.165) is 6.42 Å². The summed E-state index contributed by atoms with van der Waals surface area (Å²) in [5.74, 6) is 4.94.